The Kier molecular flexibility index (Phi) is 4.37. The summed E-state index contributed by atoms with van der Waals surface area (Å²) in [4.78, 5) is 16.3. The molecular formula is C17H12Br2N2O2. The van der Waals surface area contributed by atoms with Gasteiger partial charge in [-0.2, -0.15) is 0 Å². The number of primary amides is 1. The molecule has 0 radical (unpaired) electrons. The highest BCUT2D eigenvalue weighted by atomic mass is 79.9. The molecule has 0 fully saturated rings. The van der Waals surface area contributed by atoms with Gasteiger partial charge in [-0.15, -0.1) is 0 Å². The molecule has 4 nitrogen and oxygen atoms in total. The number of para-hydroxylation sites is 1. The number of halogens is 2. The van der Waals surface area contributed by atoms with Gasteiger partial charge in [0.05, 0.1) is 10.2 Å². The van der Waals surface area contributed by atoms with E-state index in [4.69, 9.17) is 10.2 Å². The molecule has 0 saturated heterocycles. The SMILES string of the molecule is Cc1ccccc1N=c1oc2c(Br)cc(Br)cc2cc1C(N)=O. The quantitative estimate of drug-likeness (QED) is 0.639. The number of benzene rings is 2. The van der Waals surface area contributed by atoms with Gasteiger partial charge >= 0.3 is 0 Å². The summed E-state index contributed by atoms with van der Waals surface area (Å²) in [6, 6.07) is 13.0. The largest absolute Gasteiger partial charge is 0.436 e. The minimum atomic E-state index is -0.584. The van der Waals surface area contributed by atoms with Crippen molar-refractivity contribution < 1.29 is 9.21 Å². The lowest BCUT2D eigenvalue weighted by Crippen LogP contribution is -2.21. The summed E-state index contributed by atoms with van der Waals surface area (Å²) in [7, 11) is 0. The smallest absolute Gasteiger partial charge is 0.254 e. The Balaban J connectivity index is 2.37. The predicted octanol–water partition coefficient (Wildman–Crippen LogP) is 4.60. The van der Waals surface area contributed by atoms with E-state index in [1.54, 1.807) is 6.07 Å². The van der Waals surface area contributed by atoms with Gasteiger partial charge in [-0.05, 0) is 52.7 Å². The first-order valence-corrected chi connectivity index (χ1v) is 8.37. The van der Waals surface area contributed by atoms with Crippen LogP contribution in [0.15, 0.2) is 60.8 Å². The van der Waals surface area contributed by atoms with Crippen LogP contribution in [0.3, 0.4) is 0 Å². The summed E-state index contributed by atoms with van der Waals surface area (Å²) < 4.78 is 7.49. The first-order chi connectivity index (χ1) is 11.0. The highest BCUT2D eigenvalue weighted by Gasteiger charge is 2.12. The molecule has 2 aromatic carbocycles. The van der Waals surface area contributed by atoms with Crippen LogP contribution in [0, 0.1) is 6.92 Å². The van der Waals surface area contributed by atoms with Crippen molar-refractivity contribution in [3.63, 3.8) is 0 Å². The van der Waals surface area contributed by atoms with E-state index in [2.05, 4.69) is 36.9 Å². The fourth-order valence-electron chi connectivity index (χ4n) is 2.22. The van der Waals surface area contributed by atoms with E-state index >= 15 is 0 Å². The molecule has 6 heteroatoms. The van der Waals surface area contributed by atoms with Crippen molar-refractivity contribution in [3.05, 3.63) is 68.1 Å². The Morgan fingerprint density at radius 1 is 1.17 bits per heavy atom. The fourth-order valence-corrected chi connectivity index (χ4v) is 3.56. The zero-order chi connectivity index (χ0) is 16.6. The number of nitrogens with zero attached hydrogens (tertiary/aromatic N) is 1. The summed E-state index contributed by atoms with van der Waals surface area (Å²) in [6.07, 6.45) is 0. The van der Waals surface area contributed by atoms with Gasteiger partial charge in [-0.3, -0.25) is 4.79 Å². The minimum absolute atomic E-state index is 0.197. The van der Waals surface area contributed by atoms with E-state index < -0.39 is 5.91 Å². The third-order valence-electron chi connectivity index (χ3n) is 3.37. The van der Waals surface area contributed by atoms with Crippen molar-refractivity contribution in [1.29, 1.82) is 0 Å². The molecule has 1 heterocycles. The molecule has 23 heavy (non-hydrogen) atoms. The van der Waals surface area contributed by atoms with Gasteiger partial charge in [-0.25, -0.2) is 4.99 Å². The Morgan fingerprint density at radius 2 is 1.91 bits per heavy atom. The third kappa shape index (κ3) is 3.23. The summed E-state index contributed by atoms with van der Waals surface area (Å²) in [6.45, 7) is 1.94. The van der Waals surface area contributed by atoms with Crippen molar-refractivity contribution in [2.75, 3.05) is 0 Å². The van der Waals surface area contributed by atoms with E-state index in [0.717, 1.165) is 25.6 Å². The van der Waals surface area contributed by atoms with Gasteiger partial charge < -0.3 is 10.2 Å². The number of hydrogen-bond acceptors (Lipinski definition) is 3. The second-order valence-electron chi connectivity index (χ2n) is 5.03. The van der Waals surface area contributed by atoms with E-state index in [1.807, 2.05) is 43.3 Å². The van der Waals surface area contributed by atoms with E-state index in [0.29, 0.717) is 5.58 Å². The van der Waals surface area contributed by atoms with E-state index in [1.165, 1.54) is 0 Å². The monoisotopic (exact) mass is 434 g/mol. The average Bonchev–Trinajstić information content (AvgIpc) is 2.49. The van der Waals surface area contributed by atoms with Crippen molar-refractivity contribution in [3.8, 4) is 0 Å². The molecular weight excluding hydrogens is 424 g/mol. The van der Waals surface area contributed by atoms with Crippen LogP contribution in [0.4, 0.5) is 5.69 Å². The van der Waals surface area contributed by atoms with Crippen LogP contribution < -0.4 is 11.3 Å². The first-order valence-electron chi connectivity index (χ1n) is 6.79. The molecule has 1 amide bonds. The Hall–Kier alpha value is -1.92. The average molecular weight is 436 g/mol. The number of aryl methyl sites for hydroxylation is 1. The van der Waals surface area contributed by atoms with Gasteiger partial charge in [0.15, 0.2) is 5.58 Å². The second-order valence-corrected chi connectivity index (χ2v) is 6.80. The lowest BCUT2D eigenvalue weighted by atomic mass is 10.1. The molecule has 0 aliphatic heterocycles. The van der Waals surface area contributed by atoms with Gasteiger partial charge in [0, 0.05) is 9.86 Å². The summed E-state index contributed by atoms with van der Waals surface area (Å²) in [5.74, 6) is -0.584. The summed E-state index contributed by atoms with van der Waals surface area (Å²) in [5.41, 5.74) is 8.24. The number of hydrogen-bond donors (Lipinski definition) is 1. The minimum Gasteiger partial charge on any atom is -0.436 e. The number of carbonyl (C=O) groups excluding carboxylic acids is 1. The lowest BCUT2D eigenvalue weighted by molar-refractivity contribution is 0.0996. The number of nitrogens with two attached hydrogens (primary N) is 1. The number of carbonyl (C=O) groups is 1. The van der Waals surface area contributed by atoms with Crippen molar-refractivity contribution in [2.24, 2.45) is 10.7 Å². The Labute approximate surface area is 149 Å². The molecule has 0 bridgehead atoms. The molecule has 0 aliphatic rings. The van der Waals surface area contributed by atoms with Crippen LogP contribution in [0.1, 0.15) is 15.9 Å². The Bertz CT molecular complexity index is 994. The maximum absolute atomic E-state index is 11.8. The molecule has 116 valence electrons. The molecule has 0 aliphatic carbocycles. The van der Waals surface area contributed by atoms with Crippen molar-refractivity contribution in [2.45, 2.75) is 6.92 Å². The summed E-state index contributed by atoms with van der Waals surface area (Å²) in [5, 5.41) is 0.754. The number of amides is 1. The lowest BCUT2D eigenvalue weighted by Gasteiger charge is -2.05. The van der Waals surface area contributed by atoms with Crippen LogP contribution >= 0.6 is 31.9 Å². The molecule has 2 N–H and O–H groups in total. The fraction of sp³-hybridized carbons (Fsp3) is 0.0588. The van der Waals surface area contributed by atoms with E-state index in [-0.39, 0.29) is 11.1 Å². The normalized spacial score (nSPS) is 11.9. The topological polar surface area (TPSA) is 68.6 Å². The standard InChI is InChI=1S/C17H12Br2N2O2/c1-9-4-2-3-5-14(9)21-17-12(16(20)22)7-10-6-11(18)8-13(19)15(10)23-17/h2-8H,1H3,(H2,20,22). The predicted molar refractivity (Wildman–Crippen MR) is 96.5 cm³/mol. The highest BCUT2D eigenvalue weighted by molar-refractivity contribution is 9.11. The Morgan fingerprint density at radius 3 is 2.61 bits per heavy atom. The highest BCUT2D eigenvalue weighted by Crippen LogP contribution is 2.28. The molecule has 1 aromatic heterocycles. The molecule has 3 aromatic rings. The zero-order valence-corrected chi connectivity index (χ0v) is 15.3. The van der Waals surface area contributed by atoms with Gasteiger partial charge in [0.2, 0.25) is 5.55 Å². The molecule has 0 spiro atoms. The van der Waals surface area contributed by atoms with Gasteiger partial charge in [-0.1, -0.05) is 34.1 Å². The third-order valence-corrected chi connectivity index (χ3v) is 4.42. The van der Waals surface area contributed by atoms with E-state index in [9.17, 15) is 4.79 Å². The summed E-state index contributed by atoms with van der Waals surface area (Å²) >= 11 is 6.88. The maximum atomic E-state index is 11.8. The molecule has 0 atom stereocenters. The van der Waals surface area contributed by atoms with Crippen LogP contribution in [0.25, 0.3) is 11.0 Å². The first kappa shape index (κ1) is 16.0. The van der Waals surface area contributed by atoms with Gasteiger partial charge in [0.25, 0.3) is 5.91 Å². The van der Waals surface area contributed by atoms with Gasteiger partial charge in [0.1, 0.15) is 5.56 Å². The number of rotatable bonds is 2. The van der Waals surface area contributed by atoms with Crippen molar-refractivity contribution >= 4 is 54.4 Å². The maximum Gasteiger partial charge on any atom is 0.254 e. The molecule has 0 unspecified atom stereocenters. The van der Waals surface area contributed by atoms with Crippen LogP contribution in [0.5, 0.6) is 0 Å². The molecule has 3 rings (SSSR count). The van der Waals surface area contributed by atoms with Crippen LogP contribution in [-0.4, -0.2) is 5.91 Å². The number of fused-ring (bicyclic) bond motifs is 1. The second kappa shape index (κ2) is 6.29. The van der Waals surface area contributed by atoms with Crippen molar-refractivity contribution in [1.82, 2.24) is 0 Å². The zero-order valence-electron chi connectivity index (χ0n) is 12.1. The molecule has 0 saturated carbocycles. The van der Waals surface area contributed by atoms with Crippen LogP contribution in [0.2, 0.25) is 0 Å². The van der Waals surface area contributed by atoms with Crippen LogP contribution in [-0.2, 0) is 0 Å².